The predicted octanol–water partition coefficient (Wildman–Crippen LogP) is 1.45. The lowest BCUT2D eigenvalue weighted by molar-refractivity contribution is 0.0754. The molecule has 1 fully saturated rings. The molecule has 1 atom stereocenters. The van der Waals surface area contributed by atoms with Gasteiger partial charge in [0.15, 0.2) is 0 Å². The molecule has 1 aliphatic rings. The van der Waals surface area contributed by atoms with Gasteiger partial charge in [-0.2, -0.15) is 5.10 Å². The molecule has 1 aromatic heterocycles. The van der Waals surface area contributed by atoms with Crippen LogP contribution in [0.25, 0.3) is 0 Å². The van der Waals surface area contributed by atoms with Crippen molar-refractivity contribution in [2.45, 2.75) is 25.3 Å². The first kappa shape index (κ1) is 17.6. The number of piperidine rings is 1. The van der Waals surface area contributed by atoms with E-state index in [1.54, 1.807) is 4.90 Å². The van der Waals surface area contributed by atoms with E-state index in [0.29, 0.717) is 31.4 Å². The van der Waals surface area contributed by atoms with Gasteiger partial charge in [0.25, 0.3) is 5.91 Å². The van der Waals surface area contributed by atoms with Crippen LogP contribution in [0, 0.1) is 0 Å². The van der Waals surface area contributed by atoms with E-state index in [1.165, 1.54) is 5.56 Å². The number of nitrogens with one attached hydrogen (secondary N) is 1. The number of aromatic nitrogens is 2. The molecule has 0 saturated carbocycles. The summed E-state index contributed by atoms with van der Waals surface area (Å²) in [5, 5.41) is 7.92. The molecule has 6 nitrogen and oxygen atoms in total. The minimum absolute atomic E-state index is 0.0381. The van der Waals surface area contributed by atoms with Crippen LogP contribution in [0.5, 0.6) is 0 Å². The highest BCUT2D eigenvalue weighted by molar-refractivity contribution is 5.92. The van der Waals surface area contributed by atoms with E-state index in [2.05, 4.69) is 22.5 Å². The third kappa shape index (κ3) is 4.67. The second-order valence-electron chi connectivity index (χ2n) is 6.50. The molecule has 1 aliphatic heterocycles. The van der Waals surface area contributed by atoms with Crippen LogP contribution < -0.4 is 11.1 Å². The summed E-state index contributed by atoms with van der Waals surface area (Å²) in [4.78, 5) is 14.6. The summed E-state index contributed by atoms with van der Waals surface area (Å²) in [5.74, 6) is -0.0381. The standard InChI is InChI=1S/C19H27N5O/c20-10-14-23(12-8-16-5-2-1-3-6-16)19(25)18-9-13-24(22-18)17-7-4-11-21-15-17/h1-3,5-6,9,13,17,21H,4,7-8,10-12,14-15,20H2. The fourth-order valence-electron chi connectivity index (χ4n) is 3.26. The van der Waals surface area contributed by atoms with Crippen LogP contribution in [0.15, 0.2) is 42.6 Å². The molecule has 2 heterocycles. The van der Waals surface area contributed by atoms with Crippen molar-refractivity contribution in [3.63, 3.8) is 0 Å². The van der Waals surface area contributed by atoms with E-state index in [9.17, 15) is 4.79 Å². The Morgan fingerprint density at radius 3 is 2.84 bits per heavy atom. The van der Waals surface area contributed by atoms with Crippen molar-refractivity contribution in [2.75, 3.05) is 32.7 Å². The van der Waals surface area contributed by atoms with Crippen molar-refractivity contribution in [1.82, 2.24) is 20.0 Å². The van der Waals surface area contributed by atoms with Crippen molar-refractivity contribution >= 4 is 5.91 Å². The molecule has 3 N–H and O–H groups in total. The van der Waals surface area contributed by atoms with Crippen LogP contribution in [-0.4, -0.2) is 53.3 Å². The van der Waals surface area contributed by atoms with Gasteiger partial charge in [-0.1, -0.05) is 30.3 Å². The highest BCUT2D eigenvalue weighted by Crippen LogP contribution is 2.16. The lowest BCUT2D eigenvalue weighted by Crippen LogP contribution is -2.37. The van der Waals surface area contributed by atoms with E-state index in [1.807, 2.05) is 35.1 Å². The first-order chi connectivity index (χ1) is 12.3. The molecule has 1 saturated heterocycles. The Hall–Kier alpha value is -2.18. The zero-order valence-electron chi connectivity index (χ0n) is 14.6. The van der Waals surface area contributed by atoms with Gasteiger partial charge in [-0.05, 0) is 37.4 Å². The number of hydrogen-bond acceptors (Lipinski definition) is 4. The number of nitrogens with two attached hydrogens (primary N) is 1. The highest BCUT2D eigenvalue weighted by Gasteiger charge is 2.21. The topological polar surface area (TPSA) is 76.2 Å². The van der Waals surface area contributed by atoms with Crippen molar-refractivity contribution in [1.29, 1.82) is 0 Å². The SMILES string of the molecule is NCCN(CCc1ccccc1)C(=O)c1ccn(C2CCCNC2)n1. The van der Waals surface area contributed by atoms with Crippen molar-refractivity contribution in [3.05, 3.63) is 53.9 Å². The van der Waals surface area contributed by atoms with Crippen LogP contribution in [0.1, 0.15) is 34.9 Å². The van der Waals surface area contributed by atoms with Crippen LogP contribution in [0.4, 0.5) is 0 Å². The molecular weight excluding hydrogens is 314 g/mol. The van der Waals surface area contributed by atoms with Crippen LogP contribution in [0.3, 0.4) is 0 Å². The van der Waals surface area contributed by atoms with Crippen molar-refractivity contribution in [2.24, 2.45) is 5.73 Å². The van der Waals surface area contributed by atoms with Crippen LogP contribution >= 0.6 is 0 Å². The minimum Gasteiger partial charge on any atom is -0.336 e. The van der Waals surface area contributed by atoms with Crippen LogP contribution in [0.2, 0.25) is 0 Å². The summed E-state index contributed by atoms with van der Waals surface area (Å²) in [6, 6.07) is 12.4. The molecule has 0 spiro atoms. The number of rotatable bonds is 7. The number of nitrogens with zero attached hydrogens (tertiary/aromatic N) is 3. The average molecular weight is 341 g/mol. The Morgan fingerprint density at radius 2 is 2.12 bits per heavy atom. The summed E-state index contributed by atoms with van der Waals surface area (Å²) in [7, 11) is 0. The second-order valence-corrected chi connectivity index (χ2v) is 6.50. The number of amides is 1. The van der Waals surface area contributed by atoms with Crippen molar-refractivity contribution < 1.29 is 4.79 Å². The second kappa shape index (κ2) is 8.78. The van der Waals surface area contributed by atoms with E-state index in [4.69, 9.17) is 5.73 Å². The summed E-state index contributed by atoms with van der Waals surface area (Å²) < 4.78 is 1.93. The molecule has 1 unspecified atom stereocenters. The molecular formula is C19H27N5O. The smallest absolute Gasteiger partial charge is 0.274 e. The first-order valence-electron chi connectivity index (χ1n) is 9.07. The van der Waals surface area contributed by atoms with Gasteiger partial charge < -0.3 is 16.0 Å². The predicted molar refractivity (Wildman–Crippen MR) is 98.5 cm³/mol. The van der Waals surface area contributed by atoms with Gasteiger partial charge >= 0.3 is 0 Å². The molecule has 134 valence electrons. The summed E-state index contributed by atoms with van der Waals surface area (Å²) in [6.07, 6.45) is 4.98. The molecule has 1 aromatic carbocycles. The quantitative estimate of drug-likeness (QED) is 0.799. The number of carbonyl (C=O) groups is 1. The fourth-order valence-corrected chi connectivity index (χ4v) is 3.26. The summed E-state index contributed by atoms with van der Waals surface area (Å²) in [5.41, 5.74) is 7.43. The molecule has 25 heavy (non-hydrogen) atoms. The zero-order chi connectivity index (χ0) is 17.5. The molecule has 1 amide bonds. The Kier molecular flexibility index (Phi) is 6.19. The maximum absolute atomic E-state index is 12.8. The lowest BCUT2D eigenvalue weighted by atomic mass is 10.1. The molecule has 0 aliphatic carbocycles. The number of carbonyl (C=O) groups excluding carboxylic acids is 1. The maximum Gasteiger partial charge on any atom is 0.274 e. The Balaban J connectivity index is 1.64. The van der Waals surface area contributed by atoms with Crippen LogP contribution in [-0.2, 0) is 6.42 Å². The fraction of sp³-hybridized carbons (Fsp3) is 0.474. The summed E-state index contributed by atoms with van der Waals surface area (Å²) in [6.45, 7) is 3.62. The van der Waals surface area contributed by atoms with E-state index in [-0.39, 0.29) is 5.91 Å². The molecule has 2 aromatic rings. The van der Waals surface area contributed by atoms with Gasteiger partial charge in [0, 0.05) is 32.4 Å². The Bertz CT molecular complexity index is 663. The molecule has 6 heteroatoms. The average Bonchev–Trinajstić information content (AvgIpc) is 3.16. The number of benzene rings is 1. The summed E-state index contributed by atoms with van der Waals surface area (Å²) >= 11 is 0. The molecule has 0 bridgehead atoms. The van der Waals surface area contributed by atoms with E-state index in [0.717, 1.165) is 32.4 Å². The monoisotopic (exact) mass is 341 g/mol. The molecule has 0 radical (unpaired) electrons. The Labute approximate surface area is 149 Å². The van der Waals surface area contributed by atoms with Gasteiger partial charge in [0.2, 0.25) is 0 Å². The van der Waals surface area contributed by atoms with Gasteiger partial charge in [-0.15, -0.1) is 0 Å². The lowest BCUT2D eigenvalue weighted by Gasteiger charge is -2.23. The maximum atomic E-state index is 12.8. The largest absolute Gasteiger partial charge is 0.336 e. The van der Waals surface area contributed by atoms with Gasteiger partial charge in [-0.25, -0.2) is 0 Å². The first-order valence-corrected chi connectivity index (χ1v) is 9.07. The Morgan fingerprint density at radius 1 is 1.28 bits per heavy atom. The minimum atomic E-state index is -0.0381. The van der Waals surface area contributed by atoms with Crippen molar-refractivity contribution in [3.8, 4) is 0 Å². The van der Waals surface area contributed by atoms with Gasteiger partial charge in [0.1, 0.15) is 5.69 Å². The molecule has 3 rings (SSSR count). The highest BCUT2D eigenvalue weighted by atomic mass is 16.2. The number of hydrogen-bond donors (Lipinski definition) is 2. The third-order valence-corrected chi connectivity index (χ3v) is 4.67. The zero-order valence-corrected chi connectivity index (χ0v) is 14.6. The third-order valence-electron chi connectivity index (χ3n) is 4.67. The normalized spacial score (nSPS) is 17.4. The van der Waals surface area contributed by atoms with Gasteiger partial charge in [0.05, 0.1) is 6.04 Å². The van der Waals surface area contributed by atoms with Gasteiger partial charge in [-0.3, -0.25) is 9.48 Å². The van der Waals surface area contributed by atoms with E-state index < -0.39 is 0 Å². The van der Waals surface area contributed by atoms with E-state index >= 15 is 0 Å².